The average molecular weight is 215 g/mol. The van der Waals surface area contributed by atoms with E-state index in [1.54, 1.807) is 6.92 Å². The van der Waals surface area contributed by atoms with Crippen LogP contribution in [0.25, 0.3) is 0 Å². The van der Waals surface area contributed by atoms with Crippen LogP contribution >= 0.6 is 0 Å². The summed E-state index contributed by atoms with van der Waals surface area (Å²) in [5, 5.41) is 0. The van der Waals surface area contributed by atoms with Gasteiger partial charge in [0.2, 0.25) is 0 Å². The van der Waals surface area contributed by atoms with Crippen LogP contribution in [0.2, 0.25) is 0 Å². The summed E-state index contributed by atoms with van der Waals surface area (Å²) in [6.45, 7) is 5.47. The van der Waals surface area contributed by atoms with Crippen molar-refractivity contribution < 1.29 is 17.9 Å². The molecule has 1 radical (unpaired) electrons. The van der Waals surface area contributed by atoms with E-state index < -0.39 is 11.7 Å². The highest BCUT2D eigenvalue weighted by atomic mass is 19.4. The van der Waals surface area contributed by atoms with E-state index in [4.69, 9.17) is 4.74 Å². The van der Waals surface area contributed by atoms with E-state index >= 15 is 0 Å². The van der Waals surface area contributed by atoms with E-state index in [-0.39, 0.29) is 5.56 Å². The fourth-order valence-electron chi connectivity index (χ4n) is 1.13. The molecule has 1 aromatic carbocycles. The predicted octanol–water partition coefficient (Wildman–Crippen LogP) is 3.44. The molecule has 0 aliphatic heterocycles. The highest BCUT2D eigenvalue weighted by molar-refractivity contribution is 5.41. The van der Waals surface area contributed by atoms with Gasteiger partial charge in [0.15, 0.2) is 0 Å². The summed E-state index contributed by atoms with van der Waals surface area (Å²) in [7, 11) is 0. The molecule has 0 atom stereocenters. The third kappa shape index (κ3) is 2.75. The topological polar surface area (TPSA) is 9.23 Å². The Morgan fingerprint density at radius 2 is 2.07 bits per heavy atom. The van der Waals surface area contributed by atoms with Crippen molar-refractivity contribution in [1.82, 2.24) is 0 Å². The molecule has 0 saturated carbocycles. The van der Waals surface area contributed by atoms with E-state index in [1.807, 2.05) is 0 Å². The molecule has 0 aliphatic rings. The number of hydrogen-bond donors (Lipinski definition) is 0. The van der Waals surface area contributed by atoms with Crippen LogP contribution in [0.1, 0.15) is 18.1 Å². The summed E-state index contributed by atoms with van der Waals surface area (Å²) in [5.41, 5.74) is -0.497. The van der Waals surface area contributed by atoms with Crippen LogP contribution in [0.4, 0.5) is 13.2 Å². The molecule has 0 heterocycles. The third-order valence-electron chi connectivity index (χ3n) is 1.80. The minimum Gasteiger partial charge on any atom is -0.493 e. The molecule has 1 nitrogen and oxygen atoms in total. The van der Waals surface area contributed by atoms with Crippen molar-refractivity contribution in [3.8, 4) is 5.75 Å². The molecule has 0 spiro atoms. The summed E-state index contributed by atoms with van der Waals surface area (Å²) in [6, 6.07) is 3.23. The first kappa shape index (κ1) is 11.6. The molecule has 0 aromatic heterocycles. The smallest absolute Gasteiger partial charge is 0.416 e. The third-order valence-corrected chi connectivity index (χ3v) is 1.80. The van der Waals surface area contributed by atoms with Gasteiger partial charge in [-0.05, 0) is 31.2 Å². The number of ether oxygens (including phenoxy) is 1. The van der Waals surface area contributed by atoms with Crippen molar-refractivity contribution in [2.45, 2.75) is 13.1 Å². The second-order valence-corrected chi connectivity index (χ2v) is 2.82. The second-order valence-electron chi connectivity index (χ2n) is 2.82. The molecule has 4 heteroatoms. The van der Waals surface area contributed by atoms with Crippen molar-refractivity contribution in [3.63, 3.8) is 0 Å². The zero-order valence-electron chi connectivity index (χ0n) is 8.19. The number of alkyl halides is 3. The molecule has 0 bridgehead atoms. The maximum atomic E-state index is 12.3. The molecule has 81 valence electrons. The largest absolute Gasteiger partial charge is 0.493 e. The molecule has 15 heavy (non-hydrogen) atoms. The van der Waals surface area contributed by atoms with Gasteiger partial charge in [-0.2, -0.15) is 13.2 Å². The molecule has 0 fully saturated rings. The molecular formula is C11H10F3O. The lowest BCUT2D eigenvalue weighted by Crippen LogP contribution is -2.05. The van der Waals surface area contributed by atoms with Crippen LogP contribution in [0.3, 0.4) is 0 Å². The van der Waals surface area contributed by atoms with Gasteiger partial charge in [-0.25, -0.2) is 0 Å². The fourth-order valence-corrected chi connectivity index (χ4v) is 1.13. The van der Waals surface area contributed by atoms with Crippen molar-refractivity contribution in [3.05, 3.63) is 42.0 Å². The van der Waals surface area contributed by atoms with E-state index in [2.05, 4.69) is 12.7 Å². The highest BCUT2D eigenvalue weighted by Gasteiger charge is 2.30. The van der Waals surface area contributed by atoms with Crippen LogP contribution in [0, 0.1) is 6.08 Å². The first-order valence-electron chi connectivity index (χ1n) is 4.36. The van der Waals surface area contributed by atoms with Gasteiger partial charge in [-0.1, -0.05) is 6.58 Å². The Hall–Kier alpha value is -1.45. The van der Waals surface area contributed by atoms with Crippen LogP contribution < -0.4 is 4.74 Å². The monoisotopic (exact) mass is 215 g/mol. The Bertz CT molecular complexity index is 355. The van der Waals surface area contributed by atoms with Crippen molar-refractivity contribution in [2.24, 2.45) is 0 Å². The molecule has 0 unspecified atom stereocenters. The lowest BCUT2D eigenvalue weighted by molar-refractivity contribution is -0.137. The molecule has 0 N–H and O–H groups in total. The lowest BCUT2D eigenvalue weighted by Gasteiger charge is -2.11. The highest BCUT2D eigenvalue weighted by Crippen LogP contribution is 2.32. The lowest BCUT2D eigenvalue weighted by atomic mass is 10.1. The molecule has 0 saturated heterocycles. The Kier molecular flexibility index (Phi) is 3.39. The van der Waals surface area contributed by atoms with Crippen molar-refractivity contribution in [2.75, 3.05) is 6.61 Å². The van der Waals surface area contributed by atoms with Gasteiger partial charge in [0.25, 0.3) is 0 Å². The molecule has 0 aliphatic carbocycles. The maximum Gasteiger partial charge on any atom is 0.416 e. The zero-order chi connectivity index (χ0) is 11.5. The SMILES string of the molecule is C=[C]c1cc(C(F)(F)F)ccc1OCC. The van der Waals surface area contributed by atoms with Gasteiger partial charge in [-0.15, -0.1) is 0 Å². The van der Waals surface area contributed by atoms with Crippen LogP contribution in [0.5, 0.6) is 5.75 Å². The molecule has 1 rings (SSSR count). The summed E-state index contributed by atoms with van der Waals surface area (Å²) >= 11 is 0. The number of hydrogen-bond acceptors (Lipinski definition) is 1. The standard InChI is InChI=1S/C11H10F3O/c1-3-8-7-9(11(12,13)14)5-6-10(8)15-4-2/h5-7H,1,4H2,2H3. The summed E-state index contributed by atoms with van der Waals surface area (Å²) in [5.74, 6) is 0.362. The zero-order valence-corrected chi connectivity index (χ0v) is 8.19. The summed E-state index contributed by atoms with van der Waals surface area (Å²) in [6.07, 6.45) is -1.93. The van der Waals surface area contributed by atoms with Crippen LogP contribution in [-0.2, 0) is 6.18 Å². The number of halogens is 3. The van der Waals surface area contributed by atoms with Gasteiger partial charge in [0.1, 0.15) is 5.75 Å². The minimum absolute atomic E-state index is 0.228. The Labute approximate surface area is 86.2 Å². The quantitative estimate of drug-likeness (QED) is 0.750. The Balaban J connectivity index is 3.13. The normalized spacial score (nSPS) is 11.2. The first-order chi connectivity index (χ1) is 6.99. The molecule has 1 aromatic rings. The maximum absolute atomic E-state index is 12.3. The molecular weight excluding hydrogens is 205 g/mol. The van der Waals surface area contributed by atoms with Gasteiger partial charge in [0.05, 0.1) is 12.2 Å². The van der Waals surface area contributed by atoms with Gasteiger partial charge in [-0.3, -0.25) is 0 Å². The van der Waals surface area contributed by atoms with Crippen molar-refractivity contribution >= 4 is 0 Å². The minimum atomic E-state index is -4.35. The van der Waals surface area contributed by atoms with Gasteiger partial charge >= 0.3 is 6.18 Å². The van der Waals surface area contributed by atoms with Crippen LogP contribution in [0.15, 0.2) is 24.8 Å². The van der Waals surface area contributed by atoms with Crippen molar-refractivity contribution in [1.29, 1.82) is 0 Å². The van der Waals surface area contributed by atoms with E-state index in [1.165, 1.54) is 6.07 Å². The summed E-state index contributed by atoms with van der Waals surface area (Å²) < 4.78 is 42.1. The van der Waals surface area contributed by atoms with Crippen LogP contribution in [-0.4, -0.2) is 6.61 Å². The second kappa shape index (κ2) is 4.38. The Morgan fingerprint density at radius 3 is 2.53 bits per heavy atom. The van der Waals surface area contributed by atoms with E-state index in [0.29, 0.717) is 12.4 Å². The van der Waals surface area contributed by atoms with Gasteiger partial charge in [0, 0.05) is 5.56 Å². The number of benzene rings is 1. The average Bonchev–Trinajstić information content (AvgIpc) is 2.17. The fraction of sp³-hybridized carbons (Fsp3) is 0.273. The molecule has 0 amide bonds. The van der Waals surface area contributed by atoms with E-state index in [0.717, 1.165) is 12.1 Å². The predicted molar refractivity (Wildman–Crippen MR) is 50.6 cm³/mol. The first-order valence-corrected chi connectivity index (χ1v) is 4.36. The van der Waals surface area contributed by atoms with Gasteiger partial charge < -0.3 is 4.74 Å². The van der Waals surface area contributed by atoms with E-state index in [9.17, 15) is 13.2 Å². The Morgan fingerprint density at radius 1 is 1.40 bits per heavy atom. The summed E-state index contributed by atoms with van der Waals surface area (Å²) in [4.78, 5) is 0. The number of rotatable bonds is 3.